The van der Waals surface area contributed by atoms with Crippen molar-refractivity contribution in [2.45, 2.75) is 6.04 Å². The highest BCUT2D eigenvalue weighted by Crippen LogP contribution is 2.08. The number of aliphatic hydroxyl groups excluding tert-OH is 1. The molecule has 0 saturated heterocycles. The number of nitrogens with one attached hydrogen (secondary N) is 1. The van der Waals surface area contributed by atoms with E-state index in [1.807, 2.05) is 5.32 Å². The van der Waals surface area contributed by atoms with Crippen molar-refractivity contribution in [3.63, 3.8) is 0 Å². The van der Waals surface area contributed by atoms with Gasteiger partial charge in [0.15, 0.2) is 17.7 Å². The second-order valence-electron chi connectivity index (χ2n) is 3.18. The summed E-state index contributed by atoms with van der Waals surface area (Å²) in [4.78, 5) is 21.9. The maximum absolute atomic E-state index is 12.8. The molecule has 1 atom stereocenters. The summed E-state index contributed by atoms with van der Waals surface area (Å²) in [5, 5.41) is 19.2. The van der Waals surface area contributed by atoms with Crippen LogP contribution in [0.4, 0.5) is 8.78 Å². The summed E-state index contributed by atoms with van der Waals surface area (Å²) in [6.45, 7) is -0.801. The number of hydrogen-bond donors (Lipinski definition) is 3. The monoisotopic (exact) mass is 245 g/mol. The van der Waals surface area contributed by atoms with Crippen molar-refractivity contribution in [1.29, 1.82) is 0 Å². The molecule has 0 spiro atoms. The van der Waals surface area contributed by atoms with Gasteiger partial charge in [-0.2, -0.15) is 0 Å². The zero-order valence-electron chi connectivity index (χ0n) is 8.48. The molecule has 0 aromatic heterocycles. The smallest absolute Gasteiger partial charge is 0.328 e. The van der Waals surface area contributed by atoms with E-state index in [1.54, 1.807) is 0 Å². The normalized spacial score (nSPS) is 11.9. The molecule has 0 unspecified atom stereocenters. The van der Waals surface area contributed by atoms with Crippen LogP contribution in [0.25, 0.3) is 0 Å². The van der Waals surface area contributed by atoms with E-state index in [1.165, 1.54) is 0 Å². The lowest BCUT2D eigenvalue weighted by Gasteiger charge is -2.11. The van der Waals surface area contributed by atoms with Crippen LogP contribution < -0.4 is 5.32 Å². The number of carboxylic acids is 1. The number of carbonyl (C=O) groups excluding carboxylic acids is 1. The average molecular weight is 245 g/mol. The van der Waals surface area contributed by atoms with Crippen molar-refractivity contribution in [3.8, 4) is 0 Å². The summed E-state index contributed by atoms with van der Waals surface area (Å²) >= 11 is 0. The fraction of sp³-hybridized carbons (Fsp3) is 0.200. The maximum atomic E-state index is 12.8. The molecule has 1 amide bonds. The Morgan fingerprint density at radius 1 is 1.29 bits per heavy atom. The van der Waals surface area contributed by atoms with Crippen LogP contribution in [0.3, 0.4) is 0 Å². The molecule has 1 rings (SSSR count). The lowest BCUT2D eigenvalue weighted by Crippen LogP contribution is -2.43. The number of carbonyl (C=O) groups is 2. The molecule has 1 aromatic rings. The highest BCUT2D eigenvalue weighted by atomic mass is 19.2. The Balaban J connectivity index is 2.82. The molecule has 0 bridgehead atoms. The molecular weight excluding hydrogens is 236 g/mol. The molecule has 1 aromatic carbocycles. The first kappa shape index (κ1) is 13.0. The number of rotatable bonds is 4. The summed E-state index contributed by atoms with van der Waals surface area (Å²) in [7, 11) is 0. The molecule has 92 valence electrons. The molecule has 0 aliphatic carbocycles. The maximum Gasteiger partial charge on any atom is 0.328 e. The van der Waals surface area contributed by atoms with E-state index in [4.69, 9.17) is 10.2 Å². The molecule has 0 radical (unpaired) electrons. The quantitative estimate of drug-likeness (QED) is 0.704. The van der Waals surface area contributed by atoms with Gasteiger partial charge in [-0.15, -0.1) is 0 Å². The molecule has 3 N–H and O–H groups in total. The van der Waals surface area contributed by atoms with E-state index in [9.17, 15) is 18.4 Å². The second kappa shape index (κ2) is 5.35. The van der Waals surface area contributed by atoms with Crippen LogP contribution in [0.1, 0.15) is 10.4 Å². The fourth-order valence-corrected chi connectivity index (χ4v) is 1.06. The first-order chi connectivity index (χ1) is 7.95. The number of benzene rings is 1. The lowest BCUT2D eigenvalue weighted by molar-refractivity contribution is -0.140. The van der Waals surface area contributed by atoms with E-state index < -0.39 is 36.2 Å². The highest BCUT2D eigenvalue weighted by molar-refractivity contribution is 5.96. The molecule has 0 fully saturated rings. The number of aliphatic hydroxyl groups is 1. The van der Waals surface area contributed by atoms with Crippen LogP contribution in [-0.4, -0.2) is 34.7 Å². The van der Waals surface area contributed by atoms with Gasteiger partial charge in [0.1, 0.15) is 0 Å². The van der Waals surface area contributed by atoms with Crippen molar-refractivity contribution in [3.05, 3.63) is 35.4 Å². The Morgan fingerprint density at radius 3 is 2.41 bits per heavy atom. The Morgan fingerprint density at radius 2 is 1.94 bits per heavy atom. The van der Waals surface area contributed by atoms with Gasteiger partial charge in [0.05, 0.1) is 6.61 Å². The van der Waals surface area contributed by atoms with E-state index in [0.717, 1.165) is 12.1 Å². The van der Waals surface area contributed by atoms with Gasteiger partial charge in [-0.25, -0.2) is 13.6 Å². The molecule has 0 aliphatic heterocycles. The minimum atomic E-state index is -1.49. The summed E-state index contributed by atoms with van der Waals surface area (Å²) in [5.41, 5.74) is -0.233. The molecule has 0 saturated carbocycles. The molecule has 0 heterocycles. The third-order valence-electron chi connectivity index (χ3n) is 1.97. The van der Waals surface area contributed by atoms with Crippen LogP contribution in [0, 0.1) is 11.6 Å². The van der Waals surface area contributed by atoms with Gasteiger partial charge in [0.2, 0.25) is 0 Å². The largest absolute Gasteiger partial charge is 0.480 e. The third kappa shape index (κ3) is 3.22. The molecule has 0 aliphatic rings. The zero-order valence-corrected chi connectivity index (χ0v) is 8.48. The Bertz CT molecular complexity index is 450. The SMILES string of the molecule is O=C(N[C@H](CO)C(=O)O)c1ccc(F)c(F)c1. The topological polar surface area (TPSA) is 86.6 Å². The second-order valence-corrected chi connectivity index (χ2v) is 3.18. The Labute approximate surface area is 94.7 Å². The predicted octanol–water partition coefficient (Wildman–Crippen LogP) is 0.140. The minimum absolute atomic E-state index is 0.233. The molecule has 5 nitrogen and oxygen atoms in total. The minimum Gasteiger partial charge on any atom is -0.480 e. The van der Waals surface area contributed by atoms with E-state index in [-0.39, 0.29) is 5.56 Å². The Hall–Kier alpha value is -2.02. The van der Waals surface area contributed by atoms with Gasteiger partial charge in [-0.1, -0.05) is 0 Å². The average Bonchev–Trinajstić information content (AvgIpc) is 2.28. The summed E-state index contributed by atoms with van der Waals surface area (Å²) in [5.74, 6) is -4.67. The van der Waals surface area contributed by atoms with E-state index in [0.29, 0.717) is 6.07 Å². The van der Waals surface area contributed by atoms with Gasteiger partial charge in [0, 0.05) is 5.56 Å². The zero-order chi connectivity index (χ0) is 13.0. The summed E-state index contributed by atoms with van der Waals surface area (Å²) in [6, 6.07) is 0.903. The van der Waals surface area contributed by atoms with Crippen molar-refractivity contribution in [2.75, 3.05) is 6.61 Å². The number of aliphatic carboxylic acids is 1. The van der Waals surface area contributed by atoms with Crippen molar-refractivity contribution >= 4 is 11.9 Å². The highest BCUT2D eigenvalue weighted by Gasteiger charge is 2.20. The van der Waals surface area contributed by atoms with Crippen molar-refractivity contribution in [1.82, 2.24) is 5.32 Å². The Kier molecular flexibility index (Phi) is 4.11. The van der Waals surface area contributed by atoms with E-state index in [2.05, 4.69) is 0 Å². The van der Waals surface area contributed by atoms with Gasteiger partial charge >= 0.3 is 5.97 Å². The summed E-state index contributed by atoms with van der Waals surface area (Å²) < 4.78 is 25.4. The van der Waals surface area contributed by atoms with E-state index >= 15 is 0 Å². The molecule has 7 heteroatoms. The van der Waals surface area contributed by atoms with Crippen LogP contribution in [0.15, 0.2) is 18.2 Å². The predicted molar refractivity (Wildman–Crippen MR) is 52.3 cm³/mol. The van der Waals surface area contributed by atoms with Crippen molar-refractivity contribution in [2.24, 2.45) is 0 Å². The standard InChI is InChI=1S/C10H9F2NO4/c11-6-2-1-5(3-7(6)12)9(15)13-8(4-14)10(16)17/h1-3,8,14H,4H2,(H,13,15)(H,16,17)/t8-/m1/s1. The number of carboxylic acid groups (broad SMARTS) is 1. The van der Waals surface area contributed by atoms with Gasteiger partial charge < -0.3 is 15.5 Å². The van der Waals surface area contributed by atoms with Gasteiger partial charge in [-0.3, -0.25) is 4.79 Å². The van der Waals surface area contributed by atoms with Crippen LogP contribution >= 0.6 is 0 Å². The lowest BCUT2D eigenvalue weighted by atomic mass is 10.2. The van der Waals surface area contributed by atoms with Gasteiger partial charge in [0.25, 0.3) is 5.91 Å². The number of halogens is 2. The summed E-state index contributed by atoms with van der Waals surface area (Å²) in [6.07, 6.45) is 0. The molecule has 17 heavy (non-hydrogen) atoms. The van der Waals surface area contributed by atoms with Crippen LogP contribution in [0.2, 0.25) is 0 Å². The fourth-order valence-electron chi connectivity index (χ4n) is 1.06. The third-order valence-corrected chi connectivity index (χ3v) is 1.97. The van der Waals surface area contributed by atoms with Crippen LogP contribution in [0.5, 0.6) is 0 Å². The number of hydrogen-bond acceptors (Lipinski definition) is 3. The van der Waals surface area contributed by atoms with Crippen molar-refractivity contribution < 1.29 is 28.6 Å². The molecular formula is C10H9F2NO4. The van der Waals surface area contributed by atoms with Crippen LogP contribution in [-0.2, 0) is 4.79 Å². The van der Waals surface area contributed by atoms with Gasteiger partial charge in [-0.05, 0) is 18.2 Å². The number of amides is 1. The first-order valence-electron chi connectivity index (χ1n) is 4.55. The first-order valence-corrected chi connectivity index (χ1v) is 4.55.